The van der Waals surface area contributed by atoms with Crippen LogP contribution in [0.25, 0.3) is 10.2 Å². The first-order valence-electron chi connectivity index (χ1n) is 11.7. The summed E-state index contributed by atoms with van der Waals surface area (Å²) in [6.45, 7) is 4.59. The Balaban J connectivity index is 1.23. The van der Waals surface area contributed by atoms with Gasteiger partial charge in [-0.1, -0.05) is 19.1 Å². The van der Waals surface area contributed by atoms with Crippen molar-refractivity contribution in [1.29, 1.82) is 0 Å². The van der Waals surface area contributed by atoms with E-state index >= 15 is 0 Å². The maximum atomic E-state index is 13.0. The van der Waals surface area contributed by atoms with Crippen molar-refractivity contribution in [3.05, 3.63) is 59.1 Å². The van der Waals surface area contributed by atoms with E-state index in [9.17, 15) is 13.2 Å². The lowest BCUT2D eigenvalue weighted by molar-refractivity contribution is 0.0713. The van der Waals surface area contributed by atoms with Crippen LogP contribution in [0.2, 0.25) is 0 Å². The highest BCUT2D eigenvalue weighted by Crippen LogP contribution is 2.34. The molecule has 6 nitrogen and oxygen atoms in total. The fourth-order valence-corrected chi connectivity index (χ4v) is 7.59. The van der Waals surface area contributed by atoms with Gasteiger partial charge in [-0.2, -0.15) is 4.31 Å². The molecule has 174 valence electrons. The van der Waals surface area contributed by atoms with Crippen molar-refractivity contribution in [2.75, 3.05) is 26.2 Å². The van der Waals surface area contributed by atoms with Crippen LogP contribution >= 0.6 is 11.3 Å². The van der Waals surface area contributed by atoms with Gasteiger partial charge >= 0.3 is 0 Å². The van der Waals surface area contributed by atoms with Gasteiger partial charge in [0.1, 0.15) is 0 Å². The van der Waals surface area contributed by atoms with Crippen LogP contribution in [-0.4, -0.2) is 54.7 Å². The summed E-state index contributed by atoms with van der Waals surface area (Å²) in [5.74, 6) is 0.722. The van der Waals surface area contributed by atoms with Crippen molar-refractivity contribution in [2.24, 2.45) is 5.92 Å². The molecule has 8 heteroatoms. The largest absolute Gasteiger partial charge is 0.339 e. The number of carbonyl (C=O) groups is 1. The first-order valence-corrected chi connectivity index (χ1v) is 13.9. The van der Waals surface area contributed by atoms with Crippen LogP contribution in [-0.2, 0) is 10.0 Å². The Morgan fingerprint density at radius 1 is 1.00 bits per heavy atom. The number of rotatable bonds is 4. The number of amides is 1. The molecule has 0 spiro atoms. The van der Waals surface area contributed by atoms with Gasteiger partial charge in [0, 0.05) is 37.7 Å². The normalized spacial score (nSPS) is 20.9. The Labute approximate surface area is 199 Å². The SMILES string of the molecule is CC1CCCN(S(=O)(=O)c2ccc(C(=O)N3CCC(c4nc5ccccc5s4)CC3)cc2)C1. The van der Waals surface area contributed by atoms with E-state index in [0.717, 1.165) is 36.2 Å². The Hall–Kier alpha value is -2.29. The lowest BCUT2D eigenvalue weighted by Crippen LogP contribution is -2.39. The third kappa shape index (κ3) is 4.56. The molecule has 2 aliphatic rings. The van der Waals surface area contributed by atoms with E-state index in [1.807, 2.05) is 23.1 Å². The molecule has 0 N–H and O–H groups in total. The summed E-state index contributed by atoms with van der Waals surface area (Å²) < 4.78 is 28.7. The molecule has 0 bridgehead atoms. The lowest BCUT2D eigenvalue weighted by Gasteiger charge is -2.31. The number of aromatic nitrogens is 1. The molecule has 2 aromatic carbocycles. The minimum absolute atomic E-state index is 0.0340. The summed E-state index contributed by atoms with van der Waals surface area (Å²) in [5, 5.41) is 1.16. The summed E-state index contributed by atoms with van der Waals surface area (Å²) in [5.41, 5.74) is 1.59. The highest BCUT2D eigenvalue weighted by atomic mass is 32.2. The summed E-state index contributed by atoms with van der Waals surface area (Å²) in [6.07, 6.45) is 3.75. The van der Waals surface area contributed by atoms with Crippen LogP contribution in [0, 0.1) is 5.92 Å². The van der Waals surface area contributed by atoms with Gasteiger partial charge in [0.25, 0.3) is 5.91 Å². The average Bonchev–Trinajstić information content (AvgIpc) is 3.28. The van der Waals surface area contributed by atoms with Gasteiger partial charge in [-0.3, -0.25) is 4.79 Å². The van der Waals surface area contributed by atoms with Crippen LogP contribution in [0.15, 0.2) is 53.4 Å². The average molecular weight is 484 g/mol. The van der Waals surface area contributed by atoms with E-state index < -0.39 is 10.0 Å². The van der Waals surface area contributed by atoms with Crippen LogP contribution < -0.4 is 0 Å². The molecule has 0 saturated carbocycles. The maximum absolute atomic E-state index is 13.0. The van der Waals surface area contributed by atoms with Crippen molar-refractivity contribution in [2.45, 2.75) is 43.4 Å². The molecule has 0 radical (unpaired) electrons. The van der Waals surface area contributed by atoms with Crippen molar-refractivity contribution in [3.8, 4) is 0 Å². The number of sulfonamides is 1. The second kappa shape index (κ2) is 9.16. The van der Waals surface area contributed by atoms with Crippen LogP contribution in [0.4, 0.5) is 0 Å². The lowest BCUT2D eigenvalue weighted by atomic mass is 9.97. The fraction of sp³-hybridized carbons (Fsp3) is 0.440. The van der Waals surface area contributed by atoms with E-state index in [4.69, 9.17) is 4.98 Å². The molecule has 2 fully saturated rings. The minimum atomic E-state index is -3.51. The van der Waals surface area contributed by atoms with Crippen LogP contribution in [0.5, 0.6) is 0 Å². The van der Waals surface area contributed by atoms with Gasteiger partial charge in [0.15, 0.2) is 0 Å². The van der Waals surface area contributed by atoms with Crippen molar-refractivity contribution >= 4 is 37.5 Å². The number of thiazole rings is 1. The summed E-state index contributed by atoms with van der Waals surface area (Å²) >= 11 is 1.75. The predicted molar refractivity (Wildman–Crippen MR) is 131 cm³/mol. The Morgan fingerprint density at radius 3 is 2.42 bits per heavy atom. The van der Waals surface area contributed by atoms with E-state index in [0.29, 0.717) is 43.6 Å². The minimum Gasteiger partial charge on any atom is -0.339 e. The van der Waals surface area contributed by atoms with E-state index in [1.54, 1.807) is 39.9 Å². The second-order valence-corrected chi connectivity index (χ2v) is 12.2. The maximum Gasteiger partial charge on any atom is 0.253 e. The highest BCUT2D eigenvalue weighted by molar-refractivity contribution is 7.89. The molecule has 1 atom stereocenters. The number of piperidine rings is 2. The molecule has 2 saturated heterocycles. The number of carbonyl (C=O) groups excluding carboxylic acids is 1. The summed E-state index contributed by atoms with van der Waals surface area (Å²) in [6, 6.07) is 14.7. The number of fused-ring (bicyclic) bond motifs is 1. The molecule has 2 aliphatic heterocycles. The van der Waals surface area contributed by atoms with Gasteiger partial charge < -0.3 is 4.90 Å². The zero-order valence-corrected chi connectivity index (χ0v) is 20.4. The number of likely N-dealkylation sites (tertiary alicyclic amines) is 1. The van der Waals surface area contributed by atoms with Gasteiger partial charge in [-0.15, -0.1) is 11.3 Å². The Bertz CT molecular complexity index is 1210. The summed E-state index contributed by atoms with van der Waals surface area (Å²) in [4.78, 5) is 20.0. The number of hydrogen-bond acceptors (Lipinski definition) is 5. The number of para-hydroxylation sites is 1. The molecule has 0 aliphatic carbocycles. The van der Waals surface area contributed by atoms with Gasteiger partial charge in [-0.05, 0) is 68.0 Å². The number of benzene rings is 2. The number of nitrogens with zero attached hydrogens (tertiary/aromatic N) is 3. The molecule has 33 heavy (non-hydrogen) atoms. The monoisotopic (exact) mass is 483 g/mol. The molecule has 3 heterocycles. The Kier molecular flexibility index (Phi) is 6.24. The highest BCUT2D eigenvalue weighted by Gasteiger charge is 2.30. The topological polar surface area (TPSA) is 70.6 Å². The zero-order chi connectivity index (χ0) is 23.0. The molecule has 1 unspecified atom stereocenters. The molecule has 1 amide bonds. The van der Waals surface area contributed by atoms with Gasteiger partial charge in [0.05, 0.1) is 20.1 Å². The molecular formula is C25H29N3O3S2. The van der Waals surface area contributed by atoms with Crippen LogP contribution in [0.3, 0.4) is 0 Å². The molecule has 3 aromatic rings. The first-order chi connectivity index (χ1) is 15.9. The second-order valence-electron chi connectivity index (χ2n) is 9.22. The van der Waals surface area contributed by atoms with Gasteiger partial charge in [0.2, 0.25) is 10.0 Å². The van der Waals surface area contributed by atoms with Crippen molar-refractivity contribution in [1.82, 2.24) is 14.2 Å². The quantitative estimate of drug-likeness (QED) is 0.538. The molecule has 1 aromatic heterocycles. The third-order valence-electron chi connectivity index (χ3n) is 6.80. The third-order valence-corrected chi connectivity index (χ3v) is 9.88. The van der Waals surface area contributed by atoms with Crippen molar-refractivity contribution in [3.63, 3.8) is 0 Å². The Morgan fingerprint density at radius 2 is 1.73 bits per heavy atom. The van der Waals surface area contributed by atoms with Gasteiger partial charge in [-0.25, -0.2) is 13.4 Å². The summed E-state index contributed by atoms with van der Waals surface area (Å²) in [7, 11) is -3.51. The fourth-order valence-electron chi connectivity index (χ4n) is 4.86. The molecule has 5 rings (SSSR count). The molecular weight excluding hydrogens is 454 g/mol. The number of hydrogen-bond donors (Lipinski definition) is 0. The van der Waals surface area contributed by atoms with Crippen LogP contribution in [0.1, 0.15) is 53.9 Å². The van der Waals surface area contributed by atoms with E-state index in [2.05, 4.69) is 13.0 Å². The van der Waals surface area contributed by atoms with E-state index in [-0.39, 0.29) is 10.8 Å². The first kappa shape index (κ1) is 22.5. The standard InChI is InChI=1S/C25H29N3O3S2/c1-18-5-4-14-28(17-18)33(30,31)21-10-8-20(9-11-21)25(29)27-15-12-19(13-16-27)24-26-22-6-2-3-7-23(22)32-24/h2-3,6-11,18-19H,4-5,12-17H2,1H3. The van der Waals surface area contributed by atoms with Crippen molar-refractivity contribution < 1.29 is 13.2 Å². The zero-order valence-electron chi connectivity index (χ0n) is 18.8. The smallest absolute Gasteiger partial charge is 0.253 e. The predicted octanol–water partition coefficient (Wildman–Crippen LogP) is 4.74. The van der Waals surface area contributed by atoms with E-state index in [1.165, 1.54) is 4.70 Å².